The molecule has 23 heavy (non-hydrogen) atoms. The Morgan fingerprint density at radius 1 is 1.13 bits per heavy atom. The van der Waals surface area contributed by atoms with Crippen molar-refractivity contribution >= 4 is 29.1 Å². The molecule has 1 aliphatic rings. The van der Waals surface area contributed by atoms with Gasteiger partial charge in [0.2, 0.25) is 11.8 Å². The largest absolute Gasteiger partial charge is 0.495 e. The number of hydrogen-bond acceptors (Lipinski definition) is 4. The Bertz CT molecular complexity index is 627. The van der Waals surface area contributed by atoms with Crippen LogP contribution < -0.4 is 20.1 Å². The Morgan fingerprint density at radius 3 is 2.26 bits per heavy atom. The van der Waals surface area contributed by atoms with E-state index >= 15 is 0 Å². The van der Waals surface area contributed by atoms with E-state index < -0.39 is 11.3 Å². The molecule has 0 aromatic heterocycles. The van der Waals surface area contributed by atoms with Crippen LogP contribution in [-0.4, -0.2) is 32.1 Å². The van der Waals surface area contributed by atoms with Gasteiger partial charge in [-0.25, -0.2) is 0 Å². The molecule has 1 aromatic rings. The number of methoxy groups -OCH3 is 2. The van der Waals surface area contributed by atoms with Gasteiger partial charge >= 0.3 is 0 Å². The van der Waals surface area contributed by atoms with E-state index in [1.807, 2.05) is 0 Å². The lowest BCUT2D eigenvalue weighted by Crippen LogP contribution is -2.45. The van der Waals surface area contributed by atoms with Crippen molar-refractivity contribution < 1.29 is 19.1 Å². The minimum absolute atomic E-state index is 0.194. The number of halogens is 1. The van der Waals surface area contributed by atoms with Crippen LogP contribution in [0.3, 0.4) is 0 Å². The van der Waals surface area contributed by atoms with Crippen LogP contribution in [0.15, 0.2) is 12.1 Å². The quantitative estimate of drug-likeness (QED) is 0.780. The minimum Gasteiger partial charge on any atom is -0.495 e. The highest BCUT2D eigenvalue weighted by molar-refractivity contribution is 6.32. The third-order valence-electron chi connectivity index (χ3n) is 3.77. The molecular formula is C16H21ClN2O4. The lowest BCUT2D eigenvalue weighted by atomic mass is 9.91. The molecule has 0 saturated heterocycles. The van der Waals surface area contributed by atoms with Gasteiger partial charge in [-0.05, 0) is 26.7 Å². The summed E-state index contributed by atoms with van der Waals surface area (Å²) in [7, 11) is 2.95. The van der Waals surface area contributed by atoms with Gasteiger partial charge in [0.1, 0.15) is 16.9 Å². The van der Waals surface area contributed by atoms with Gasteiger partial charge in [0.25, 0.3) is 0 Å². The van der Waals surface area contributed by atoms with Gasteiger partial charge in [0, 0.05) is 18.2 Å². The van der Waals surface area contributed by atoms with Crippen LogP contribution in [0.2, 0.25) is 5.02 Å². The molecule has 126 valence electrons. The second-order valence-electron chi connectivity index (χ2n) is 6.01. The normalized spacial score (nSPS) is 14.1. The summed E-state index contributed by atoms with van der Waals surface area (Å²) in [5, 5.41) is 5.93. The summed E-state index contributed by atoms with van der Waals surface area (Å²) < 4.78 is 10.4. The van der Waals surface area contributed by atoms with Gasteiger partial charge in [-0.2, -0.15) is 0 Å². The summed E-state index contributed by atoms with van der Waals surface area (Å²) in [6.45, 7) is 3.17. The van der Waals surface area contributed by atoms with E-state index in [1.165, 1.54) is 14.2 Å². The van der Waals surface area contributed by atoms with Crippen molar-refractivity contribution in [2.45, 2.75) is 32.7 Å². The molecule has 0 bridgehead atoms. The number of amides is 2. The van der Waals surface area contributed by atoms with Gasteiger partial charge < -0.3 is 20.1 Å². The van der Waals surface area contributed by atoms with Crippen LogP contribution in [0.4, 0.5) is 5.69 Å². The second-order valence-corrected chi connectivity index (χ2v) is 6.42. The van der Waals surface area contributed by atoms with E-state index in [-0.39, 0.29) is 11.9 Å². The molecule has 1 saturated carbocycles. The second kappa shape index (κ2) is 6.66. The number of ether oxygens (including phenoxy) is 2. The maximum absolute atomic E-state index is 12.5. The van der Waals surface area contributed by atoms with Gasteiger partial charge in [0.15, 0.2) is 0 Å². The summed E-state index contributed by atoms with van der Waals surface area (Å²) >= 11 is 6.04. The van der Waals surface area contributed by atoms with Gasteiger partial charge in [-0.3, -0.25) is 9.59 Å². The number of carbonyl (C=O) groups is 2. The topological polar surface area (TPSA) is 76.7 Å². The Hall–Kier alpha value is -1.95. The Kier molecular flexibility index (Phi) is 5.04. The van der Waals surface area contributed by atoms with Crippen molar-refractivity contribution in [3.05, 3.63) is 17.2 Å². The third kappa shape index (κ3) is 3.88. The molecule has 2 N–H and O–H groups in total. The maximum atomic E-state index is 12.5. The van der Waals surface area contributed by atoms with Crippen molar-refractivity contribution in [2.75, 3.05) is 19.5 Å². The first-order valence-corrected chi connectivity index (χ1v) is 7.71. The molecule has 0 spiro atoms. The fourth-order valence-electron chi connectivity index (χ4n) is 1.93. The molecule has 2 rings (SSSR count). The van der Waals surface area contributed by atoms with Crippen molar-refractivity contribution in [1.29, 1.82) is 0 Å². The standard InChI is InChI=1S/C16H21ClN2O4/c1-16(2,14(20)18-9-5-6-9)15(21)19-11-8-12(22-3)10(17)7-13(11)23-4/h7-9H,5-6H2,1-4H3,(H,18,20)(H,19,21). The molecule has 1 aliphatic carbocycles. The van der Waals surface area contributed by atoms with Crippen LogP contribution in [0.1, 0.15) is 26.7 Å². The zero-order chi connectivity index (χ0) is 17.2. The molecule has 1 aromatic carbocycles. The van der Waals surface area contributed by atoms with Gasteiger partial charge in [-0.15, -0.1) is 0 Å². The summed E-state index contributed by atoms with van der Waals surface area (Å²) in [4.78, 5) is 24.8. The fraction of sp³-hybridized carbons (Fsp3) is 0.500. The van der Waals surface area contributed by atoms with Crippen molar-refractivity contribution in [1.82, 2.24) is 5.32 Å². The first kappa shape index (κ1) is 17.4. The zero-order valence-corrected chi connectivity index (χ0v) is 14.4. The van der Waals surface area contributed by atoms with Crippen LogP contribution in [0, 0.1) is 5.41 Å². The Morgan fingerprint density at radius 2 is 1.74 bits per heavy atom. The molecular weight excluding hydrogens is 320 g/mol. The van der Waals surface area contributed by atoms with Gasteiger partial charge in [0.05, 0.1) is 24.9 Å². The Labute approximate surface area is 140 Å². The molecule has 0 heterocycles. The molecule has 6 nitrogen and oxygen atoms in total. The van der Waals surface area contributed by atoms with Crippen molar-refractivity contribution in [3.8, 4) is 11.5 Å². The first-order chi connectivity index (χ1) is 10.8. The average Bonchev–Trinajstić information content (AvgIpc) is 3.32. The van der Waals surface area contributed by atoms with E-state index in [9.17, 15) is 9.59 Å². The van der Waals surface area contributed by atoms with E-state index in [2.05, 4.69) is 10.6 Å². The first-order valence-electron chi connectivity index (χ1n) is 7.33. The predicted molar refractivity (Wildman–Crippen MR) is 88.1 cm³/mol. The van der Waals surface area contributed by atoms with E-state index in [0.717, 1.165) is 12.8 Å². The molecule has 0 aliphatic heterocycles. The van der Waals surface area contributed by atoms with E-state index in [1.54, 1.807) is 26.0 Å². The number of carbonyl (C=O) groups excluding carboxylic acids is 2. The predicted octanol–water partition coefficient (Wildman–Crippen LogP) is 2.60. The molecule has 0 atom stereocenters. The van der Waals surface area contributed by atoms with Crippen LogP contribution in [0.5, 0.6) is 11.5 Å². The summed E-state index contributed by atoms with van der Waals surface area (Å²) in [5.41, 5.74) is -0.813. The molecule has 7 heteroatoms. The average molecular weight is 341 g/mol. The lowest BCUT2D eigenvalue weighted by molar-refractivity contribution is -0.138. The van der Waals surface area contributed by atoms with Crippen LogP contribution in [-0.2, 0) is 9.59 Å². The summed E-state index contributed by atoms with van der Waals surface area (Å²) in [5.74, 6) is 0.0706. The number of nitrogens with one attached hydrogen (secondary N) is 2. The van der Waals surface area contributed by atoms with E-state index in [4.69, 9.17) is 21.1 Å². The van der Waals surface area contributed by atoms with Crippen molar-refractivity contribution in [3.63, 3.8) is 0 Å². The summed E-state index contributed by atoms with van der Waals surface area (Å²) in [6.07, 6.45) is 1.93. The number of anilines is 1. The Balaban J connectivity index is 2.19. The summed E-state index contributed by atoms with van der Waals surface area (Å²) in [6, 6.07) is 3.31. The monoisotopic (exact) mass is 340 g/mol. The highest BCUT2D eigenvalue weighted by atomic mass is 35.5. The molecule has 2 amide bonds. The van der Waals surface area contributed by atoms with E-state index in [0.29, 0.717) is 22.2 Å². The molecule has 1 fully saturated rings. The van der Waals surface area contributed by atoms with Crippen molar-refractivity contribution in [2.24, 2.45) is 5.41 Å². The number of benzene rings is 1. The molecule has 0 radical (unpaired) electrons. The number of rotatable bonds is 6. The SMILES string of the molecule is COc1cc(NC(=O)C(C)(C)C(=O)NC2CC2)c(OC)cc1Cl. The highest BCUT2D eigenvalue weighted by Gasteiger charge is 2.39. The maximum Gasteiger partial charge on any atom is 0.239 e. The third-order valence-corrected chi connectivity index (χ3v) is 4.07. The zero-order valence-electron chi connectivity index (χ0n) is 13.7. The number of hydrogen-bond donors (Lipinski definition) is 2. The van der Waals surface area contributed by atoms with Crippen LogP contribution in [0.25, 0.3) is 0 Å². The minimum atomic E-state index is -1.21. The van der Waals surface area contributed by atoms with Crippen LogP contribution >= 0.6 is 11.6 Å². The fourth-order valence-corrected chi connectivity index (χ4v) is 2.16. The molecule has 0 unspecified atom stereocenters. The van der Waals surface area contributed by atoms with Gasteiger partial charge in [-0.1, -0.05) is 11.6 Å². The lowest BCUT2D eigenvalue weighted by Gasteiger charge is -2.23. The smallest absolute Gasteiger partial charge is 0.239 e. The highest BCUT2D eigenvalue weighted by Crippen LogP contribution is 2.36.